The van der Waals surface area contributed by atoms with Gasteiger partial charge in [0.15, 0.2) is 0 Å². The number of carbonyl (C=O) groups is 2. The van der Waals surface area contributed by atoms with Crippen molar-refractivity contribution >= 4 is 17.4 Å². The Morgan fingerprint density at radius 2 is 1.79 bits per heavy atom. The number of hydrogen-bond donors (Lipinski definition) is 1. The van der Waals surface area contributed by atoms with Crippen LogP contribution in [0.4, 0.5) is 0 Å². The number of ether oxygens (including phenoxy) is 1. The zero-order valence-corrected chi connectivity index (χ0v) is 14.5. The Morgan fingerprint density at radius 1 is 1.17 bits per heavy atom. The molecule has 0 aromatic heterocycles. The number of allylic oxidation sites excluding steroid dienone is 1. The molecule has 5 heteroatoms. The number of rotatable bonds is 6. The molecule has 0 unspecified atom stereocenters. The van der Waals surface area contributed by atoms with Gasteiger partial charge in [-0.1, -0.05) is 31.6 Å². The highest BCUT2D eigenvalue weighted by molar-refractivity contribution is 6.35. The summed E-state index contributed by atoms with van der Waals surface area (Å²) in [6, 6.07) is 6.98. The second-order valence-corrected chi connectivity index (χ2v) is 6.49. The molecule has 0 radical (unpaired) electrons. The summed E-state index contributed by atoms with van der Waals surface area (Å²) in [6.45, 7) is 8.40. The smallest absolute Gasteiger partial charge is 0.285 e. The standard InChI is InChI=1S/C19H23NO4/c1-12(2)9-10-24-15-7-5-14(6-8-15)17-16(11-13(3)4)18(21)20(23)19(17)22/h5-9,13,23H,10-11H2,1-4H3. The van der Waals surface area contributed by atoms with E-state index in [4.69, 9.17) is 4.74 Å². The molecule has 1 heterocycles. The van der Waals surface area contributed by atoms with Gasteiger partial charge in [-0.2, -0.15) is 0 Å². The van der Waals surface area contributed by atoms with Gasteiger partial charge < -0.3 is 4.74 Å². The van der Waals surface area contributed by atoms with Gasteiger partial charge in [0, 0.05) is 5.57 Å². The lowest BCUT2D eigenvalue weighted by atomic mass is 9.95. The molecule has 0 spiro atoms. The van der Waals surface area contributed by atoms with Crippen molar-refractivity contribution in [3.8, 4) is 5.75 Å². The zero-order chi connectivity index (χ0) is 17.9. The molecular formula is C19H23NO4. The number of benzene rings is 1. The molecule has 128 valence electrons. The Labute approximate surface area is 142 Å². The van der Waals surface area contributed by atoms with Crippen LogP contribution in [0, 0.1) is 5.92 Å². The molecule has 0 fully saturated rings. The third-order valence-corrected chi connectivity index (χ3v) is 3.66. The molecule has 2 rings (SSSR count). The van der Waals surface area contributed by atoms with Crippen molar-refractivity contribution in [3.63, 3.8) is 0 Å². The summed E-state index contributed by atoms with van der Waals surface area (Å²) in [4.78, 5) is 24.3. The minimum atomic E-state index is -0.672. The van der Waals surface area contributed by atoms with Gasteiger partial charge in [0.25, 0.3) is 11.8 Å². The van der Waals surface area contributed by atoms with Crippen LogP contribution in [0.25, 0.3) is 5.57 Å². The summed E-state index contributed by atoms with van der Waals surface area (Å²) in [7, 11) is 0. The largest absolute Gasteiger partial charge is 0.490 e. The third-order valence-electron chi connectivity index (χ3n) is 3.66. The van der Waals surface area contributed by atoms with E-state index in [0.29, 0.717) is 29.9 Å². The molecular weight excluding hydrogens is 306 g/mol. The van der Waals surface area contributed by atoms with Gasteiger partial charge in [-0.25, -0.2) is 0 Å². The van der Waals surface area contributed by atoms with Crippen molar-refractivity contribution in [2.75, 3.05) is 6.61 Å². The molecule has 0 atom stereocenters. The van der Waals surface area contributed by atoms with Crippen LogP contribution >= 0.6 is 0 Å². The highest BCUT2D eigenvalue weighted by Crippen LogP contribution is 2.32. The minimum Gasteiger partial charge on any atom is -0.490 e. The molecule has 0 saturated heterocycles. The summed E-state index contributed by atoms with van der Waals surface area (Å²) >= 11 is 0. The first-order valence-electron chi connectivity index (χ1n) is 7.98. The molecule has 1 aromatic carbocycles. The van der Waals surface area contributed by atoms with E-state index in [0.717, 1.165) is 0 Å². The van der Waals surface area contributed by atoms with Gasteiger partial charge in [0.2, 0.25) is 0 Å². The van der Waals surface area contributed by atoms with Crippen LogP contribution in [0.2, 0.25) is 0 Å². The van der Waals surface area contributed by atoms with E-state index in [1.165, 1.54) is 5.57 Å². The SMILES string of the molecule is CC(C)=CCOc1ccc(C2=C(CC(C)C)C(=O)N(O)C2=O)cc1. The maximum Gasteiger partial charge on any atom is 0.285 e. The van der Waals surface area contributed by atoms with Crippen LogP contribution in [-0.2, 0) is 9.59 Å². The van der Waals surface area contributed by atoms with Crippen LogP contribution in [0.3, 0.4) is 0 Å². The minimum absolute atomic E-state index is 0.199. The fraction of sp³-hybridized carbons (Fsp3) is 0.368. The Hall–Kier alpha value is -2.40. The van der Waals surface area contributed by atoms with Crippen molar-refractivity contribution in [1.29, 1.82) is 0 Å². The van der Waals surface area contributed by atoms with Crippen molar-refractivity contribution in [1.82, 2.24) is 5.06 Å². The van der Waals surface area contributed by atoms with Crippen LogP contribution in [0.5, 0.6) is 5.75 Å². The Balaban J connectivity index is 2.27. The van der Waals surface area contributed by atoms with Crippen molar-refractivity contribution in [2.45, 2.75) is 34.1 Å². The fourth-order valence-corrected chi connectivity index (χ4v) is 2.48. The second-order valence-electron chi connectivity index (χ2n) is 6.49. The van der Waals surface area contributed by atoms with Gasteiger partial charge in [0.1, 0.15) is 12.4 Å². The maximum atomic E-state index is 12.2. The van der Waals surface area contributed by atoms with E-state index in [1.54, 1.807) is 24.3 Å². The Bertz CT molecular complexity index is 695. The highest BCUT2D eigenvalue weighted by atomic mass is 16.5. The van der Waals surface area contributed by atoms with Crippen LogP contribution in [0.15, 0.2) is 41.5 Å². The lowest BCUT2D eigenvalue weighted by Gasteiger charge is -2.08. The van der Waals surface area contributed by atoms with Gasteiger partial charge >= 0.3 is 0 Å². The molecule has 1 N–H and O–H groups in total. The van der Waals surface area contributed by atoms with E-state index in [-0.39, 0.29) is 16.6 Å². The normalized spacial score (nSPS) is 14.7. The zero-order valence-electron chi connectivity index (χ0n) is 14.5. The number of amides is 2. The van der Waals surface area contributed by atoms with Gasteiger partial charge in [-0.3, -0.25) is 14.8 Å². The Kier molecular flexibility index (Phi) is 5.57. The monoisotopic (exact) mass is 329 g/mol. The topological polar surface area (TPSA) is 66.8 Å². The van der Waals surface area contributed by atoms with Crippen LogP contribution in [0.1, 0.15) is 39.7 Å². The lowest BCUT2D eigenvalue weighted by Crippen LogP contribution is -2.27. The highest BCUT2D eigenvalue weighted by Gasteiger charge is 2.38. The molecule has 2 amide bonds. The first kappa shape index (κ1) is 17.9. The fourth-order valence-electron chi connectivity index (χ4n) is 2.48. The second kappa shape index (κ2) is 7.45. The molecule has 1 aliphatic heterocycles. The molecule has 0 bridgehead atoms. The van der Waals surface area contributed by atoms with E-state index >= 15 is 0 Å². The van der Waals surface area contributed by atoms with Gasteiger partial charge in [-0.15, -0.1) is 5.06 Å². The van der Waals surface area contributed by atoms with Crippen molar-refractivity contribution in [2.24, 2.45) is 5.92 Å². The van der Waals surface area contributed by atoms with Crippen LogP contribution in [-0.4, -0.2) is 28.7 Å². The molecule has 1 aliphatic rings. The summed E-state index contributed by atoms with van der Waals surface area (Å²) in [5.74, 6) is -0.425. The number of hydrogen-bond acceptors (Lipinski definition) is 4. The number of carbonyl (C=O) groups excluding carboxylic acids is 2. The third kappa shape index (κ3) is 3.92. The lowest BCUT2D eigenvalue weighted by molar-refractivity contribution is -0.169. The average molecular weight is 329 g/mol. The van der Waals surface area contributed by atoms with E-state index in [2.05, 4.69) is 0 Å². The number of nitrogens with zero attached hydrogens (tertiary/aromatic N) is 1. The van der Waals surface area contributed by atoms with E-state index in [1.807, 2.05) is 33.8 Å². The molecule has 0 aliphatic carbocycles. The van der Waals surface area contributed by atoms with Crippen LogP contribution < -0.4 is 4.74 Å². The summed E-state index contributed by atoms with van der Waals surface area (Å²) in [5.41, 5.74) is 2.41. The van der Waals surface area contributed by atoms with E-state index < -0.39 is 11.8 Å². The average Bonchev–Trinajstić information content (AvgIpc) is 2.72. The first-order chi connectivity index (χ1) is 11.3. The summed E-state index contributed by atoms with van der Waals surface area (Å²) in [6.07, 6.45) is 2.41. The van der Waals surface area contributed by atoms with Gasteiger partial charge in [-0.05, 0) is 50.0 Å². The van der Waals surface area contributed by atoms with E-state index in [9.17, 15) is 14.8 Å². The molecule has 0 saturated carbocycles. The maximum absolute atomic E-state index is 12.2. The summed E-state index contributed by atoms with van der Waals surface area (Å²) in [5, 5.41) is 9.87. The van der Waals surface area contributed by atoms with Crippen molar-refractivity contribution in [3.05, 3.63) is 47.1 Å². The van der Waals surface area contributed by atoms with Gasteiger partial charge in [0.05, 0.1) is 5.57 Å². The molecule has 1 aromatic rings. The first-order valence-corrected chi connectivity index (χ1v) is 7.98. The predicted octanol–water partition coefficient (Wildman–Crippen LogP) is 3.59. The Morgan fingerprint density at radius 3 is 2.33 bits per heavy atom. The summed E-state index contributed by atoms with van der Waals surface area (Å²) < 4.78 is 5.59. The number of imide groups is 1. The predicted molar refractivity (Wildman–Crippen MR) is 91.4 cm³/mol. The quantitative estimate of drug-likeness (QED) is 0.492. The molecule has 5 nitrogen and oxygen atoms in total. The van der Waals surface area contributed by atoms with Crippen molar-refractivity contribution < 1.29 is 19.5 Å². The number of hydroxylamine groups is 2. The molecule has 24 heavy (non-hydrogen) atoms.